The quantitative estimate of drug-likeness (QED) is 0.305. The van der Waals surface area contributed by atoms with E-state index >= 15 is 0 Å². The van der Waals surface area contributed by atoms with E-state index in [0.29, 0.717) is 29.8 Å². The fourth-order valence-corrected chi connectivity index (χ4v) is 7.83. The van der Waals surface area contributed by atoms with Crippen molar-refractivity contribution in [2.45, 2.75) is 104 Å². The Morgan fingerprint density at radius 1 is 0.953 bits per heavy atom. The second-order valence-corrected chi connectivity index (χ2v) is 14.2. The third-order valence-corrected chi connectivity index (χ3v) is 9.60. The summed E-state index contributed by atoms with van der Waals surface area (Å²) in [6.45, 7) is 11.8. The van der Waals surface area contributed by atoms with Crippen LogP contribution in [0.1, 0.15) is 101 Å². The average molecular weight is 593 g/mol. The van der Waals surface area contributed by atoms with Crippen molar-refractivity contribution >= 4 is 11.9 Å². The molecule has 1 saturated carbocycles. The van der Waals surface area contributed by atoms with Gasteiger partial charge in [-0.05, 0) is 53.2 Å². The summed E-state index contributed by atoms with van der Waals surface area (Å²) in [6, 6.07) is 16.6. The second kappa shape index (κ2) is 13.1. The Morgan fingerprint density at radius 3 is 2.30 bits per heavy atom. The number of carbonyl (C=O) groups excluding carboxylic acids is 1. The highest BCUT2D eigenvalue weighted by atomic mass is 16.7. The summed E-state index contributed by atoms with van der Waals surface area (Å²) in [4.78, 5) is 25.5. The first kappa shape index (κ1) is 31.6. The molecule has 2 aromatic carbocycles. The van der Waals surface area contributed by atoms with Crippen LogP contribution in [0.2, 0.25) is 0 Å². The van der Waals surface area contributed by atoms with Gasteiger partial charge >= 0.3 is 5.97 Å². The van der Waals surface area contributed by atoms with Crippen molar-refractivity contribution in [3.8, 4) is 0 Å². The number of hydrogen-bond donors (Lipinski definition) is 3. The molecule has 3 N–H and O–H groups in total. The maximum atomic E-state index is 12.1. The molecule has 2 aromatic rings. The van der Waals surface area contributed by atoms with E-state index in [-0.39, 0.29) is 43.5 Å². The summed E-state index contributed by atoms with van der Waals surface area (Å²) in [6.07, 6.45) is 3.54. The first-order chi connectivity index (χ1) is 20.4. The predicted octanol–water partition coefficient (Wildman–Crippen LogP) is 5.74. The molecule has 5 rings (SSSR count). The first-order valence-corrected chi connectivity index (χ1v) is 15.8. The van der Waals surface area contributed by atoms with Crippen molar-refractivity contribution in [3.63, 3.8) is 0 Å². The number of ether oxygens (including phenoxy) is 2. The van der Waals surface area contributed by atoms with Gasteiger partial charge in [-0.3, -0.25) is 14.5 Å². The number of nitrogens with zero attached hydrogens (tertiary/aromatic N) is 1. The highest BCUT2D eigenvalue weighted by Crippen LogP contribution is 2.53. The van der Waals surface area contributed by atoms with E-state index in [4.69, 9.17) is 14.6 Å². The van der Waals surface area contributed by atoms with E-state index in [1.807, 2.05) is 36.4 Å². The number of rotatable bonds is 11. The van der Waals surface area contributed by atoms with Gasteiger partial charge in [-0.25, -0.2) is 0 Å². The van der Waals surface area contributed by atoms with Crippen LogP contribution in [0.5, 0.6) is 0 Å². The molecule has 6 atom stereocenters. The van der Waals surface area contributed by atoms with Crippen LogP contribution < -0.4 is 5.32 Å². The molecule has 2 aliphatic heterocycles. The van der Waals surface area contributed by atoms with Gasteiger partial charge < -0.3 is 25.0 Å². The number of aliphatic hydroxyl groups excluding tert-OH is 1. The van der Waals surface area contributed by atoms with Crippen LogP contribution in [0, 0.1) is 16.7 Å². The molecule has 8 nitrogen and oxygen atoms in total. The maximum Gasteiger partial charge on any atom is 0.303 e. The fraction of sp³-hybridized carbons (Fsp3) is 0.600. The van der Waals surface area contributed by atoms with Crippen LogP contribution in [-0.4, -0.2) is 52.2 Å². The van der Waals surface area contributed by atoms with Crippen molar-refractivity contribution < 1.29 is 29.3 Å². The summed E-state index contributed by atoms with van der Waals surface area (Å²) in [5, 5.41) is 21.2. The monoisotopic (exact) mass is 592 g/mol. The van der Waals surface area contributed by atoms with Crippen LogP contribution in [0.3, 0.4) is 0 Å². The van der Waals surface area contributed by atoms with Gasteiger partial charge in [0.1, 0.15) is 0 Å². The number of carbonyl (C=O) groups is 2. The Kier molecular flexibility index (Phi) is 9.61. The largest absolute Gasteiger partial charge is 0.481 e. The normalized spacial score (nSPS) is 30.2. The number of aliphatic hydroxyl groups is 1. The molecule has 1 amide bonds. The molecule has 1 aliphatic carbocycles. The van der Waals surface area contributed by atoms with Gasteiger partial charge in [0.05, 0.1) is 18.8 Å². The van der Waals surface area contributed by atoms with E-state index < -0.39 is 12.3 Å². The van der Waals surface area contributed by atoms with Crippen LogP contribution in [0.15, 0.2) is 48.5 Å². The first-order valence-electron chi connectivity index (χ1n) is 15.8. The van der Waals surface area contributed by atoms with Crippen LogP contribution in [0.4, 0.5) is 0 Å². The van der Waals surface area contributed by atoms with Gasteiger partial charge in [-0.2, -0.15) is 0 Å². The standard InChI is InChI=1S/C35H48N2O6/c1-23-29(19-37-22-35(4)17-28(37)16-34(2,3)21-35)42-33(43-32(23)26-12-10-25(20-38)11-13-26)27-14-8-24(9-15-27)18-36-30(39)6-5-7-31(40)41/h8-15,23,28-29,32-33,38H,5-7,16-22H2,1-4H3,(H,36,39)(H,40,41)/t23-,28?,29+,32+,33+,35?/m0/s1. The molecule has 234 valence electrons. The van der Waals surface area contributed by atoms with Crippen molar-refractivity contribution in [2.75, 3.05) is 13.1 Å². The van der Waals surface area contributed by atoms with Crippen molar-refractivity contribution in [1.29, 1.82) is 0 Å². The minimum Gasteiger partial charge on any atom is -0.481 e. The summed E-state index contributed by atoms with van der Waals surface area (Å²) in [5.74, 6) is -0.911. The van der Waals surface area contributed by atoms with Gasteiger partial charge in [0, 0.05) is 50.0 Å². The Labute approximate surface area is 255 Å². The highest BCUT2D eigenvalue weighted by Gasteiger charge is 2.51. The van der Waals surface area contributed by atoms with Gasteiger partial charge in [-0.15, -0.1) is 0 Å². The summed E-state index contributed by atoms with van der Waals surface area (Å²) < 4.78 is 13.4. The maximum absolute atomic E-state index is 12.1. The van der Waals surface area contributed by atoms with Crippen molar-refractivity contribution in [1.82, 2.24) is 10.2 Å². The highest BCUT2D eigenvalue weighted by molar-refractivity contribution is 5.76. The molecule has 0 aromatic heterocycles. The molecule has 2 saturated heterocycles. The lowest BCUT2D eigenvalue weighted by Crippen LogP contribution is -2.46. The molecule has 8 heteroatoms. The van der Waals surface area contributed by atoms with Crippen LogP contribution in [0.25, 0.3) is 0 Å². The molecule has 3 aliphatic rings. The van der Waals surface area contributed by atoms with Gasteiger partial charge in [0.2, 0.25) is 5.91 Å². The van der Waals surface area contributed by atoms with Gasteiger partial charge in [0.25, 0.3) is 0 Å². The molecular formula is C35H48N2O6. The molecule has 3 fully saturated rings. The van der Waals surface area contributed by atoms with Gasteiger partial charge in [0.15, 0.2) is 6.29 Å². The zero-order valence-corrected chi connectivity index (χ0v) is 26.1. The molecule has 2 heterocycles. The third-order valence-electron chi connectivity index (χ3n) is 9.60. The lowest BCUT2D eigenvalue weighted by molar-refractivity contribution is -0.276. The Morgan fingerprint density at radius 2 is 1.63 bits per heavy atom. The molecule has 2 bridgehead atoms. The SMILES string of the molecule is C[C@H]1[C@@H](CN2CC3(C)CC2CC(C)(C)C3)O[C@@H](c2ccc(CNC(=O)CCCC(=O)O)cc2)O[C@H]1c1ccc(CO)cc1. The molecule has 0 radical (unpaired) electrons. The molecule has 43 heavy (non-hydrogen) atoms. The number of fused-ring (bicyclic) bond motifs is 2. The van der Waals surface area contributed by atoms with Crippen molar-refractivity contribution in [3.05, 3.63) is 70.8 Å². The molecular weight excluding hydrogens is 544 g/mol. The van der Waals surface area contributed by atoms with E-state index in [9.17, 15) is 14.7 Å². The topological polar surface area (TPSA) is 108 Å². The van der Waals surface area contributed by atoms with Gasteiger partial charge in [-0.1, -0.05) is 76.2 Å². The minimum atomic E-state index is -0.891. The Balaban J connectivity index is 1.30. The number of likely N-dealkylation sites (tertiary alicyclic amines) is 1. The summed E-state index contributed by atoms with van der Waals surface area (Å²) >= 11 is 0. The minimum absolute atomic E-state index is 0.00852. The third kappa shape index (κ3) is 7.85. The number of amides is 1. The van der Waals surface area contributed by atoms with Crippen molar-refractivity contribution in [2.24, 2.45) is 16.7 Å². The average Bonchev–Trinajstić information content (AvgIpc) is 3.20. The zero-order chi connectivity index (χ0) is 30.8. The Bertz CT molecular complexity index is 1260. The molecule has 0 spiro atoms. The lowest BCUT2D eigenvalue weighted by Gasteiger charge is -2.43. The fourth-order valence-electron chi connectivity index (χ4n) is 7.83. The number of aliphatic carboxylic acids is 1. The number of carboxylic acids is 1. The van der Waals surface area contributed by atoms with Crippen LogP contribution >= 0.6 is 0 Å². The smallest absolute Gasteiger partial charge is 0.303 e. The summed E-state index contributed by atoms with van der Waals surface area (Å²) in [5.41, 5.74) is 4.54. The number of benzene rings is 2. The van der Waals surface area contributed by atoms with E-state index in [1.165, 1.54) is 19.3 Å². The van der Waals surface area contributed by atoms with Crippen LogP contribution in [-0.2, 0) is 32.2 Å². The number of nitrogens with one attached hydrogen (secondary N) is 1. The molecule has 2 unspecified atom stereocenters. The Hall–Kier alpha value is -2.78. The number of hydrogen-bond acceptors (Lipinski definition) is 6. The predicted molar refractivity (Wildman–Crippen MR) is 164 cm³/mol. The zero-order valence-electron chi connectivity index (χ0n) is 26.1. The lowest BCUT2D eigenvalue weighted by atomic mass is 9.65. The van der Waals surface area contributed by atoms with E-state index in [1.54, 1.807) is 0 Å². The second-order valence-electron chi connectivity index (χ2n) is 14.2. The van der Waals surface area contributed by atoms with E-state index in [0.717, 1.165) is 35.3 Å². The summed E-state index contributed by atoms with van der Waals surface area (Å²) in [7, 11) is 0. The number of carboxylic acid groups (broad SMARTS) is 1. The van der Waals surface area contributed by atoms with E-state index in [2.05, 4.69) is 50.0 Å².